The van der Waals surface area contributed by atoms with Gasteiger partial charge in [-0.1, -0.05) is 13.8 Å². The molecule has 1 heterocycles. The van der Waals surface area contributed by atoms with Crippen LogP contribution in [0.15, 0.2) is 22.8 Å². The van der Waals surface area contributed by atoms with Gasteiger partial charge in [-0.05, 0) is 25.1 Å². The van der Waals surface area contributed by atoms with Gasteiger partial charge in [-0.15, -0.1) is 0 Å². The number of hydrogen-bond acceptors (Lipinski definition) is 4. The third-order valence-corrected chi connectivity index (χ3v) is 2.90. The lowest BCUT2D eigenvalue weighted by atomic mass is 10.1. The number of rotatable bonds is 9. The average molecular weight is 282 g/mol. The summed E-state index contributed by atoms with van der Waals surface area (Å²) in [5, 5.41) is 11.7. The molecule has 0 aliphatic heterocycles. The summed E-state index contributed by atoms with van der Waals surface area (Å²) < 4.78 is 5.13. The van der Waals surface area contributed by atoms with Crippen LogP contribution in [0.2, 0.25) is 0 Å². The molecule has 112 valence electrons. The second-order valence-electron chi connectivity index (χ2n) is 4.83. The Labute approximate surface area is 118 Å². The lowest BCUT2D eigenvalue weighted by Gasteiger charge is -2.22. The molecule has 0 saturated carbocycles. The molecule has 0 aromatic carbocycles. The predicted molar refractivity (Wildman–Crippen MR) is 74.1 cm³/mol. The van der Waals surface area contributed by atoms with Crippen molar-refractivity contribution in [2.24, 2.45) is 5.92 Å². The van der Waals surface area contributed by atoms with E-state index in [4.69, 9.17) is 9.52 Å². The van der Waals surface area contributed by atoms with Gasteiger partial charge in [0.05, 0.1) is 25.3 Å². The molecule has 1 rings (SSSR count). The van der Waals surface area contributed by atoms with E-state index in [1.165, 1.54) is 0 Å². The summed E-state index contributed by atoms with van der Waals surface area (Å²) in [5.41, 5.74) is 0. The zero-order valence-corrected chi connectivity index (χ0v) is 12.0. The third kappa shape index (κ3) is 5.88. The molecule has 0 spiro atoms. The summed E-state index contributed by atoms with van der Waals surface area (Å²) in [4.78, 5) is 24.6. The lowest BCUT2D eigenvalue weighted by Crippen LogP contribution is -2.40. The molecule has 0 radical (unpaired) electrons. The minimum absolute atomic E-state index is 0.132. The fourth-order valence-electron chi connectivity index (χ4n) is 1.87. The minimum atomic E-state index is -0.845. The standard InChI is InChI=1S/C14H22N2O4/c1-3-6-16(9-11(2)14(18)19)10-13(17)15-8-12-5-4-7-20-12/h4-5,7,11H,3,6,8-10H2,1-2H3,(H,15,17)(H,18,19). The summed E-state index contributed by atoms with van der Waals surface area (Å²) in [6.45, 7) is 5.26. The monoisotopic (exact) mass is 282 g/mol. The molecular weight excluding hydrogens is 260 g/mol. The molecule has 1 aromatic rings. The molecule has 0 saturated heterocycles. The Balaban J connectivity index is 2.39. The summed E-state index contributed by atoms with van der Waals surface area (Å²) in [5.74, 6) is -0.770. The summed E-state index contributed by atoms with van der Waals surface area (Å²) in [6, 6.07) is 3.55. The van der Waals surface area contributed by atoms with Gasteiger partial charge in [0.2, 0.25) is 5.91 Å². The Morgan fingerprint density at radius 2 is 2.25 bits per heavy atom. The Hall–Kier alpha value is -1.82. The Morgan fingerprint density at radius 1 is 1.50 bits per heavy atom. The minimum Gasteiger partial charge on any atom is -0.481 e. The van der Waals surface area contributed by atoms with E-state index in [0.29, 0.717) is 25.4 Å². The molecule has 1 amide bonds. The number of carbonyl (C=O) groups excluding carboxylic acids is 1. The number of hydrogen-bond donors (Lipinski definition) is 2. The van der Waals surface area contributed by atoms with Crippen molar-refractivity contribution in [1.29, 1.82) is 0 Å². The van der Waals surface area contributed by atoms with E-state index in [9.17, 15) is 9.59 Å². The maximum atomic E-state index is 11.8. The second kappa shape index (κ2) is 8.37. The van der Waals surface area contributed by atoms with Crippen LogP contribution >= 0.6 is 0 Å². The fourth-order valence-corrected chi connectivity index (χ4v) is 1.87. The molecule has 1 atom stereocenters. The van der Waals surface area contributed by atoms with Crippen LogP contribution in [0.4, 0.5) is 0 Å². The molecule has 1 aromatic heterocycles. The van der Waals surface area contributed by atoms with Crippen molar-refractivity contribution in [3.05, 3.63) is 24.2 Å². The maximum absolute atomic E-state index is 11.8. The van der Waals surface area contributed by atoms with E-state index in [2.05, 4.69) is 5.32 Å². The second-order valence-corrected chi connectivity index (χ2v) is 4.83. The van der Waals surface area contributed by atoms with Crippen LogP contribution in [0.3, 0.4) is 0 Å². The van der Waals surface area contributed by atoms with Gasteiger partial charge in [-0.2, -0.15) is 0 Å². The van der Waals surface area contributed by atoms with E-state index in [1.807, 2.05) is 11.8 Å². The normalized spacial score (nSPS) is 12.3. The van der Waals surface area contributed by atoms with E-state index in [-0.39, 0.29) is 12.5 Å². The number of amides is 1. The zero-order chi connectivity index (χ0) is 15.0. The van der Waals surface area contributed by atoms with Crippen molar-refractivity contribution >= 4 is 11.9 Å². The van der Waals surface area contributed by atoms with Gasteiger partial charge in [-0.25, -0.2) is 0 Å². The highest BCUT2D eigenvalue weighted by Crippen LogP contribution is 2.02. The first-order valence-corrected chi connectivity index (χ1v) is 6.77. The molecule has 0 aliphatic rings. The number of carboxylic acid groups (broad SMARTS) is 1. The average Bonchev–Trinajstić information content (AvgIpc) is 2.89. The predicted octanol–water partition coefficient (Wildman–Crippen LogP) is 1.33. The Bertz CT molecular complexity index is 417. The fraction of sp³-hybridized carbons (Fsp3) is 0.571. The van der Waals surface area contributed by atoms with Crippen LogP contribution in [0.1, 0.15) is 26.0 Å². The summed E-state index contributed by atoms with van der Waals surface area (Å²) in [6.07, 6.45) is 2.43. The SMILES string of the molecule is CCCN(CC(=O)NCc1ccco1)CC(C)C(=O)O. The van der Waals surface area contributed by atoms with Crippen LogP contribution in [0, 0.1) is 5.92 Å². The van der Waals surface area contributed by atoms with Gasteiger partial charge in [0.15, 0.2) is 0 Å². The van der Waals surface area contributed by atoms with Crippen molar-refractivity contribution in [3.63, 3.8) is 0 Å². The molecule has 0 fully saturated rings. The molecule has 2 N–H and O–H groups in total. The first kappa shape index (κ1) is 16.2. The van der Waals surface area contributed by atoms with Gasteiger partial charge in [0.25, 0.3) is 0 Å². The number of nitrogens with one attached hydrogen (secondary N) is 1. The lowest BCUT2D eigenvalue weighted by molar-refractivity contribution is -0.142. The van der Waals surface area contributed by atoms with Gasteiger partial charge in [0, 0.05) is 6.54 Å². The largest absolute Gasteiger partial charge is 0.481 e. The zero-order valence-electron chi connectivity index (χ0n) is 12.0. The van der Waals surface area contributed by atoms with Gasteiger partial charge < -0.3 is 14.8 Å². The van der Waals surface area contributed by atoms with Crippen molar-refractivity contribution in [2.45, 2.75) is 26.8 Å². The Kier molecular flexibility index (Phi) is 6.79. The summed E-state index contributed by atoms with van der Waals surface area (Å²) >= 11 is 0. The van der Waals surface area contributed by atoms with E-state index in [1.54, 1.807) is 25.3 Å². The number of aliphatic carboxylic acids is 1. The number of carboxylic acids is 1. The van der Waals surface area contributed by atoms with Crippen LogP contribution in [-0.4, -0.2) is 41.5 Å². The molecule has 0 aliphatic carbocycles. The van der Waals surface area contributed by atoms with Crippen LogP contribution in [0.5, 0.6) is 0 Å². The maximum Gasteiger partial charge on any atom is 0.307 e. The molecule has 1 unspecified atom stereocenters. The van der Waals surface area contributed by atoms with Crippen LogP contribution < -0.4 is 5.32 Å². The molecule has 0 bridgehead atoms. The van der Waals surface area contributed by atoms with Crippen molar-refractivity contribution in [1.82, 2.24) is 10.2 Å². The highest BCUT2D eigenvalue weighted by atomic mass is 16.4. The topological polar surface area (TPSA) is 82.8 Å². The number of carbonyl (C=O) groups is 2. The van der Waals surface area contributed by atoms with E-state index in [0.717, 1.165) is 6.42 Å². The molecule has 20 heavy (non-hydrogen) atoms. The highest BCUT2D eigenvalue weighted by Gasteiger charge is 2.17. The first-order valence-electron chi connectivity index (χ1n) is 6.77. The van der Waals surface area contributed by atoms with Crippen molar-refractivity contribution in [3.8, 4) is 0 Å². The molecular formula is C14H22N2O4. The molecule has 6 heteroatoms. The smallest absolute Gasteiger partial charge is 0.307 e. The van der Waals surface area contributed by atoms with Crippen molar-refractivity contribution < 1.29 is 19.1 Å². The van der Waals surface area contributed by atoms with Gasteiger partial charge in [-0.3, -0.25) is 14.5 Å². The number of nitrogens with zero attached hydrogens (tertiary/aromatic N) is 1. The quantitative estimate of drug-likeness (QED) is 0.714. The molecule has 6 nitrogen and oxygen atoms in total. The van der Waals surface area contributed by atoms with Gasteiger partial charge >= 0.3 is 5.97 Å². The summed E-state index contributed by atoms with van der Waals surface area (Å²) in [7, 11) is 0. The number of furan rings is 1. The highest BCUT2D eigenvalue weighted by molar-refractivity contribution is 5.78. The van der Waals surface area contributed by atoms with Crippen molar-refractivity contribution in [2.75, 3.05) is 19.6 Å². The third-order valence-electron chi connectivity index (χ3n) is 2.90. The van der Waals surface area contributed by atoms with Gasteiger partial charge in [0.1, 0.15) is 5.76 Å². The van der Waals surface area contributed by atoms with Crippen LogP contribution in [0.25, 0.3) is 0 Å². The van der Waals surface area contributed by atoms with Crippen LogP contribution in [-0.2, 0) is 16.1 Å². The Morgan fingerprint density at radius 3 is 2.80 bits per heavy atom. The van der Waals surface area contributed by atoms with E-state index >= 15 is 0 Å². The van der Waals surface area contributed by atoms with E-state index < -0.39 is 11.9 Å². The first-order chi connectivity index (χ1) is 9.52.